The molecule has 0 spiro atoms. The lowest BCUT2D eigenvalue weighted by molar-refractivity contribution is 0.102. The third-order valence-corrected chi connectivity index (χ3v) is 5.16. The first-order valence-corrected chi connectivity index (χ1v) is 10.1. The summed E-state index contributed by atoms with van der Waals surface area (Å²) < 4.78 is 5.89. The summed E-state index contributed by atoms with van der Waals surface area (Å²) in [5, 5.41) is 2.96. The number of oxazole rings is 1. The molecule has 0 saturated heterocycles. The number of hydrogen-bond acceptors (Lipinski definition) is 3. The number of rotatable bonds is 4. The van der Waals surface area contributed by atoms with Crippen LogP contribution < -0.4 is 5.32 Å². The minimum atomic E-state index is -0.162. The summed E-state index contributed by atoms with van der Waals surface area (Å²) in [5.41, 5.74) is 6.99. The number of carbonyl (C=O) groups excluding carboxylic acids is 1. The first-order chi connectivity index (χ1) is 15.2. The molecular formula is C27H20N2O2. The average Bonchev–Trinajstić information content (AvgIpc) is 3.23. The van der Waals surface area contributed by atoms with Crippen LogP contribution in [0.4, 0.5) is 5.69 Å². The van der Waals surface area contributed by atoms with Crippen molar-refractivity contribution in [3.05, 3.63) is 108 Å². The summed E-state index contributed by atoms with van der Waals surface area (Å²) in [7, 11) is 0. The Kier molecular flexibility index (Phi) is 4.81. The molecule has 4 heteroatoms. The maximum Gasteiger partial charge on any atom is 0.255 e. The molecular weight excluding hydrogens is 384 g/mol. The van der Waals surface area contributed by atoms with Crippen molar-refractivity contribution in [2.24, 2.45) is 0 Å². The molecule has 31 heavy (non-hydrogen) atoms. The van der Waals surface area contributed by atoms with Gasteiger partial charge in [0.05, 0.1) is 0 Å². The Labute approximate surface area is 180 Å². The van der Waals surface area contributed by atoms with Crippen LogP contribution >= 0.6 is 0 Å². The van der Waals surface area contributed by atoms with E-state index in [1.54, 1.807) is 0 Å². The van der Waals surface area contributed by atoms with E-state index in [0.29, 0.717) is 17.1 Å². The average molecular weight is 404 g/mol. The Morgan fingerprint density at radius 3 is 2.32 bits per heavy atom. The standard InChI is InChI=1S/C27H20N2O2/c1-18-10-15-25-24(16-18)29-27(31-25)22-8-5-9-23(17-22)28-26(30)21-13-11-20(12-14-21)19-6-3-2-4-7-19/h2-17H,1H3,(H,28,30). The van der Waals surface area contributed by atoms with Gasteiger partial charge in [0.25, 0.3) is 5.91 Å². The van der Waals surface area contributed by atoms with Crippen LogP contribution in [-0.4, -0.2) is 10.9 Å². The zero-order valence-electron chi connectivity index (χ0n) is 17.0. The molecule has 0 unspecified atom stereocenters. The van der Waals surface area contributed by atoms with E-state index in [1.165, 1.54) is 0 Å². The highest BCUT2D eigenvalue weighted by molar-refractivity contribution is 6.04. The number of nitrogens with zero attached hydrogens (tertiary/aromatic N) is 1. The quantitative estimate of drug-likeness (QED) is 0.362. The Morgan fingerprint density at radius 2 is 1.52 bits per heavy atom. The first kappa shape index (κ1) is 18.8. The highest BCUT2D eigenvalue weighted by atomic mass is 16.3. The normalized spacial score (nSPS) is 10.9. The molecule has 0 bridgehead atoms. The molecule has 4 nitrogen and oxygen atoms in total. The number of anilines is 1. The van der Waals surface area contributed by atoms with Gasteiger partial charge in [0.1, 0.15) is 5.52 Å². The summed E-state index contributed by atoms with van der Waals surface area (Å²) in [4.78, 5) is 17.3. The van der Waals surface area contributed by atoms with Crippen LogP contribution in [0.1, 0.15) is 15.9 Å². The molecule has 0 aliphatic heterocycles. The van der Waals surface area contributed by atoms with E-state index in [0.717, 1.165) is 33.4 Å². The maximum atomic E-state index is 12.7. The molecule has 0 fully saturated rings. The van der Waals surface area contributed by atoms with Gasteiger partial charge in [-0.3, -0.25) is 4.79 Å². The third kappa shape index (κ3) is 3.96. The minimum Gasteiger partial charge on any atom is -0.436 e. The van der Waals surface area contributed by atoms with E-state index >= 15 is 0 Å². The number of nitrogens with one attached hydrogen (secondary N) is 1. The lowest BCUT2D eigenvalue weighted by atomic mass is 10.0. The lowest BCUT2D eigenvalue weighted by Crippen LogP contribution is -2.11. The predicted octanol–water partition coefficient (Wildman–Crippen LogP) is 6.72. The van der Waals surface area contributed by atoms with Crippen molar-refractivity contribution in [1.29, 1.82) is 0 Å². The largest absolute Gasteiger partial charge is 0.436 e. The fourth-order valence-electron chi connectivity index (χ4n) is 3.54. The van der Waals surface area contributed by atoms with E-state index in [2.05, 4.69) is 10.3 Å². The van der Waals surface area contributed by atoms with E-state index < -0.39 is 0 Å². The summed E-state index contributed by atoms with van der Waals surface area (Å²) in [6.07, 6.45) is 0. The monoisotopic (exact) mass is 404 g/mol. The van der Waals surface area contributed by atoms with Crippen LogP contribution in [0, 0.1) is 6.92 Å². The Balaban J connectivity index is 1.36. The van der Waals surface area contributed by atoms with Gasteiger partial charge in [-0.15, -0.1) is 0 Å². The highest BCUT2D eigenvalue weighted by Gasteiger charge is 2.11. The zero-order chi connectivity index (χ0) is 21.2. The van der Waals surface area contributed by atoms with Crippen molar-refractivity contribution < 1.29 is 9.21 Å². The van der Waals surface area contributed by atoms with Crippen LogP contribution in [0.3, 0.4) is 0 Å². The summed E-state index contributed by atoms with van der Waals surface area (Å²) in [6, 6.07) is 31.1. The van der Waals surface area contributed by atoms with E-state index in [9.17, 15) is 4.79 Å². The summed E-state index contributed by atoms with van der Waals surface area (Å²) in [5.74, 6) is 0.369. The fourth-order valence-corrected chi connectivity index (χ4v) is 3.54. The number of fused-ring (bicyclic) bond motifs is 1. The van der Waals surface area contributed by atoms with Crippen molar-refractivity contribution in [3.8, 4) is 22.6 Å². The first-order valence-electron chi connectivity index (χ1n) is 10.1. The number of carbonyl (C=O) groups is 1. The van der Waals surface area contributed by atoms with Gasteiger partial charge >= 0.3 is 0 Å². The second-order valence-corrected chi connectivity index (χ2v) is 7.47. The lowest BCUT2D eigenvalue weighted by Gasteiger charge is -2.07. The van der Waals surface area contributed by atoms with Crippen LogP contribution in [0.5, 0.6) is 0 Å². The summed E-state index contributed by atoms with van der Waals surface area (Å²) >= 11 is 0. The van der Waals surface area contributed by atoms with Crippen LogP contribution in [0.25, 0.3) is 33.7 Å². The van der Waals surface area contributed by atoms with Crippen molar-refractivity contribution in [3.63, 3.8) is 0 Å². The molecule has 1 aromatic heterocycles. The molecule has 5 aromatic rings. The molecule has 0 saturated carbocycles. The maximum absolute atomic E-state index is 12.7. The Hall–Kier alpha value is -4.18. The topological polar surface area (TPSA) is 55.1 Å². The number of benzene rings is 4. The fraction of sp³-hybridized carbons (Fsp3) is 0.0370. The van der Waals surface area contributed by atoms with Gasteiger partial charge in [-0.2, -0.15) is 0 Å². The second-order valence-electron chi connectivity index (χ2n) is 7.47. The third-order valence-electron chi connectivity index (χ3n) is 5.16. The number of aryl methyl sites for hydroxylation is 1. The molecule has 5 rings (SSSR count). The smallest absolute Gasteiger partial charge is 0.255 e. The molecule has 0 aliphatic carbocycles. The van der Waals surface area contributed by atoms with E-state index in [-0.39, 0.29) is 5.91 Å². The van der Waals surface area contributed by atoms with Gasteiger partial charge in [-0.05, 0) is 66.1 Å². The number of amides is 1. The Morgan fingerprint density at radius 1 is 0.774 bits per heavy atom. The van der Waals surface area contributed by atoms with Gasteiger partial charge < -0.3 is 9.73 Å². The van der Waals surface area contributed by atoms with Crippen LogP contribution in [-0.2, 0) is 0 Å². The molecule has 0 radical (unpaired) electrons. The molecule has 0 aliphatic rings. The summed E-state index contributed by atoms with van der Waals surface area (Å²) in [6.45, 7) is 2.02. The Bertz CT molecular complexity index is 1370. The van der Waals surface area contributed by atoms with Gasteiger partial charge in [0, 0.05) is 16.8 Å². The molecule has 1 amide bonds. The zero-order valence-corrected chi connectivity index (χ0v) is 17.0. The van der Waals surface area contributed by atoms with Crippen molar-refractivity contribution in [2.45, 2.75) is 6.92 Å². The molecule has 0 atom stereocenters. The second kappa shape index (κ2) is 7.92. The van der Waals surface area contributed by atoms with Crippen molar-refractivity contribution in [2.75, 3.05) is 5.32 Å². The molecule has 150 valence electrons. The molecule has 1 N–H and O–H groups in total. The minimum absolute atomic E-state index is 0.162. The molecule has 4 aromatic carbocycles. The van der Waals surface area contributed by atoms with Gasteiger partial charge in [0.2, 0.25) is 5.89 Å². The van der Waals surface area contributed by atoms with Crippen LogP contribution in [0.15, 0.2) is 101 Å². The van der Waals surface area contributed by atoms with Crippen molar-refractivity contribution >= 4 is 22.7 Å². The predicted molar refractivity (Wildman–Crippen MR) is 124 cm³/mol. The number of hydrogen-bond donors (Lipinski definition) is 1. The van der Waals surface area contributed by atoms with E-state index in [4.69, 9.17) is 4.42 Å². The van der Waals surface area contributed by atoms with Gasteiger partial charge in [-0.1, -0.05) is 54.6 Å². The SMILES string of the molecule is Cc1ccc2oc(-c3cccc(NC(=O)c4ccc(-c5ccccc5)cc4)c3)nc2c1. The van der Waals surface area contributed by atoms with Crippen LogP contribution in [0.2, 0.25) is 0 Å². The molecule has 1 heterocycles. The van der Waals surface area contributed by atoms with Gasteiger partial charge in [-0.25, -0.2) is 4.98 Å². The van der Waals surface area contributed by atoms with Gasteiger partial charge in [0.15, 0.2) is 5.58 Å². The van der Waals surface area contributed by atoms with E-state index in [1.807, 2.05) is 104 Å². The van der Waals surface area contributed by atoms with Crippen molar-refractivity contribution in [1.82, 2.24) is 4.98 Å². The number of aromatic nitrogens is 1. The highest BCUT2D eigenvalue weighted by Crippen LogP contribution is 2.27.